The smallest absolute Gasteiger partial charge is 0.0330 e. The number of nitrogens with zero attached hydrogens (tertiary/aromatic N) is 1. The van der Waals surface area contributed by atoms with Crippen LogP contribution in [-0.2, 0) is 6.54 Å². The average Bonchev–Trinajstić information content (AvgIpc) is 2.75. The predicted octanol–water partition coefficient (Wildman–Crippen LogP) is 3.54. The lowest BCUT2D eigenvalue weighted by Crippen LogP contribution is -2.40. The number of nitrogens with two attached hydrogens (primary N) is 1. The summed E-state index contributed by atoms with van der Waals surface area (Å²) in [6, 6.07) is 5.74. The largest absolute Gasteiger partial charge is 0.328 e. The molecule has 2 N–H and O–H groups in total. The summed E-state index contributed by atoms with van der Waals surface area (Å²) in [4.78, 5) is 5.61. The van der Waals surface area contributed by atoms with Gasteiger partial charge in [0.1, 0.15) is 0 Å². The average molecular weight is 266 g/mol. The van der Waals surface area contributed by atoms with Gasteiger partial charge in [-0.25, -0.2) is 0 Å². The van der Waals surface area contributed by atoms with E-state index in [-0.39, 0.29) is 0 Å². The Morgan fingerprint density at radius 2 is 2.00 bits per heavy atom. The van der Waals surface area contributed by atoms with E-state index in [1.54, 1.807) is 0 Å². The SMILES string of the molecule is CCCN(Cc1ccc(C)s1)C1CCC(N)CC1. The van der Waals surface area contributed by atoms with Gasteiger partial charge in [-0.1, -0.05) is 6.92 Å². The third kappa shape index (κ3) is 3.81. The van der Waals surface area contributed by atoms with Crippen LogP contribution in [0.5, 0.6) is 0 Å². The second-order valence-electron chi connectivity index (χ2n) is 5.55. The van der Waals surface area contributed by atoms with Crippen molar-refractivity contribution in [3.8, 4) is 0 Å². The lowest BCUT2D eigenvalue weighted by molar-refractivity contribution is 0.143. The van der Waals surface area contributed by atoms with Crippen LogP contribution in [0.15, 0.2) is 12.1 Å². The van der Waals surface area contributed by atoms with Gasteiger partial charge < -0.3 is 5.73 Å². The molecule has 0 amide bonds. The van der Waals surface area contributed by atoms with E-state index in [2.05, 4.69) is 30.9 Å². The molecule has 3 heteroatoms. The fourth-order valence-corrected chi connectivity index (χ4v) is 3.83. The molecule has 1 fully saturated rings. The van der Waals surface area contributed by atoms with Gasteiger partial charge in [-0.2, -0.15) is 0 Å². The van der Waals surface area contributed by atoms with Gasteiger partial charge >= 0.3 is 0 Å². The molecule has 0 atom stereocenters. The zero-order chi connectivity index (χ0) is 13.0. The minimum Gasteiger partial charge on any atom is -0.328 e. The molecule has 1 aliphatic carbocycles. The zero-order valence-corrected chi connectivity index (χ0v) is 12.5. The van der Waals surface area contributed by atoms with Crippen molar-refractivity contribution in [3.63, 3.8) is 0 Å². The molecule has 1 aliphatic rings. The summed E-state index contributed by atoms with van der Waals surface area (Å²) in [6.45, 7) is 6.82. The van der Waals surface area contributed by atoms with Crippen LogP contribution in [0.1, 0.15) is 48.8 Å². The van der Waals surface area contributed by atoms with Gasteiger partial charge in [0.2, 0.25) is 0 Å². The van der Waals surface area contributed by atoms with Gasteiger partial charge in [0.15, 0.2) is 0 Å². The Morgan fingerprint density at radius 3 is 2.56 bits per heavy atom. The van der Waals surface area contributed by atoms with Crippen molar-refractivity contribution in [3.05, 3.63) is 21.9 Å². The molecule has 2 rings (SSSR count). The van der Waals surface area contributed by atoms with Crippen LogP contribution in [0, 0.1) is 6.92 Å². The van der Waals surface area contributed by atoms with Crippen LogP contribution in [0.3, 0.4) is 0 Å². The normalized spacial score (nSPS) is 24.7. The fraction of sp³-hybridized carbons (Fsp3) is 0.733. The Morgan fingerprint density at radius 1 is 1.28 bits per heavy atom. The highest BCUT2D eigenvalue weighted by molar-refractivity contribution is 7.11. The van der Waals surface area contributed by atoms with Crippen molar-refractivity contribution < 1.29 is 0 Å². The Hall–Kier alpha value is -0.380. The molecule has 0 spiro atoms. The molecule has 0 unspecified atom stereocenters. The maximum atomic E-state index is 6.01. The Balaban J connectivity index is 1.94. The van der Waals surface area contributed by atoms with Crippen molar-refractivity contribution in [2.24, 2.45) is 5.73 Å². The van der Waals surface area contributed by atoms with Crippen molar-refractivity contribution in [1.29, 1.82) is 0 Å². The lowest BCUT2D eigenvalue weighted by Gasteiger charge is -2.35. The first-order valence-corrected chi connectivity index (χ1v) is 8.05. The zero-order valence-electron chi connectivity index (χ0n) is 11.7. The molecule has 102 valence electrons. The van der Waals surface area contributed by atoms with E-state index in [4.69, 9.17) is 5.73 Å². The van der Waals surface area contributed by atoms with Crippen LogP contribution in [-0.4, -0.2) is 23.5 Å². The molecule has 0 bridgehead atoms. The minimum atomic E-state index is 0.453. The topological polar surface area (TPSA) is 29.3 Å². The summed E-state index contributed by atoms with van der Waals surface area (Å²) in [5.41, 5.74) is 6.01. The van der Waals surface area contributed by atoms with Crippen molar-refractivity contribution in [1.82, 2.24) is 4.90 Å². The quantitative estimate of drug-likeness (QED) is 0.883. The lowest BCUT2D eigenvalue weighted by atomic mass is 9.90. The Bertz CT molecular complexity index is 353. The van der Waals surface area contributed by atoms with Crippen LogP contribution in [0.25, 0.3) is 0 Å². The third-order valence-corrected chi connectivity index (χ3v) is 4.91. The number of thiophene rings is 1. The molecule has 0 aliphatic heterocycles. The van der Waals surface area contributed by atoms with E-state index in [1.807, 2.05) is 11.3 Å². The van der Waals surface area contributed by atoms with E-state index >= 15 is 0 Å². The highest BCUT2D eigenvalue weighted by Crippen LogP contribution is 2.25. The van der Waals surface area contributed by atoms with Gasteiger partial charge in [-0.05, 0) is 57.7 Å². The molecule has 2 nitrogen and oxygen atoms in total. The van der Waals surface area contributed by atoms with Crippen LogP contribution < -0.4 is 5.73 Å². The maximum Gasteiger partial charge on any atom is 0.0330 e. The molecule has 1 aromatic rings. The van der Waals surface area contributed by atoms with Gasteiger partial charge in [-0.3, -0.25) is 4.90 Å². The summed E-state index contributed by atoms with van der Waals surface area (Å²) in [6.07, 6.45) is 6.21. The van der Waals surface area contributed by atoms with Gasteiger partial charge in [0.25, 0.3) is 0 Å². The molecule has 0 aromatic carbocycles. The summed E-state index contributed by atoms with van der Waals surface area (Å²) >= 11 is 1.94. The van der Waals surface area contributed by atoms with Gasteiger partial charge in [0, 0.05) is 28.4 Å². The number of rotatable bonds is 5. The molecule has 0 saturated heterocycles. The first-order chi connectivity index (χ1) is 8.69. The second-order valence-corrected chi connectivity index (χ2v) is 6.92. The Kier molecular flexibility index (Phi) is 5.22. The number of hydrogen-bond acceptors (Lipinski definition) is 3. The van der Waals surface area contributed by atoms with Gasteiger partial charge in [0.05, 0.1) is 0 Å². The summed E-state index contributed by atoms with van der Waals surface area (Å²) in [5, 5.41) is 0. The first-order valence-electron chi connectivity index (χ1n) is 7.24. The number of aryl methyl sites for hydroxylation is 1. The molecule has 1 aromatic heterocycles. The van der Waals surface area contributed by atoms with Crippen molar-refractivity contribution in [2.75, 3.05) is 6.54 Å². The van der Waals surface area contributed by atoms with E-state index in [9.17, 15) is 0 Å². The molecule has 1 heterocycles. The molecule has 0 radical (unpaired) electrons. The van der Waals surface area contributed by atoms with Crippen molar-refractivity contribution in [2.45, 2.75) is 64.6 Å². The van der Waals surface area contributed by atoms with Gasteiger partial charge in [-0.15, -0.1) is 11.3 Å². The van der Waals surface area contributed by atoms with E-state index in [0.717, 1.165) is 12.6 Å². The van der Waals surface area contributed by atoms with E-state index in [0.29, 0.717) is 6.04 Å². The Labute approximate surface area is 115 Å². The van der Waals surface area contributed by atoms with Crippen LogP contribution >= 0.6 is 11.3 Å². The first kappa shape index (κ1) is 14.0. The molecular formula is C15H26N2S. The third-order valence-electron chi connectivity index (χ3n) is 3.92. The van der Waals surface area contributed by atoms with E-state index in [1.165, 1.54) is 48.4 Å². The molecular weight excluding hydrogens is 240 g/mol. The van der Waals surface area contributed by atoms with Crippen LogP contribution in [0.2, 0.25) is 0 Å². The minimum absolute atomic E-state index is 0.453. The maximum absolute atomic E-state index is 6.01. The van der Waals surface area contributed by atoms with E-state index < -0.39 is 0 Å². The second kappa shape index (κ2) is 6.69. The number of hydrogen-bond donors (Lipinski definition) is 1. The highest BCUT2D eigenvalue weighted by Gasteiger charge is 2.24. The molecule has 18 heavy (non-hydrogen) atoms. The summed E-state index contributed by atoms with van der Waals surface area (Å²) < 4.78 is 0. The van der Waals surface area contributed by atoms with Crippen LogP contribution in [0.4, 0.5) is 0 Å². The monoisotopic (exact) mass is 266 g/mol. The predicted molar refractivity (Wildman–Crippen MR) is 80.0 cm³/mol. The standard InChI is InChI=1S/C15H26N2S/c1-3-10-17(11-15-9-4-12(2)18-15)14-7-5-13(16)6-8-14/h4,9,13-14H,3,5-8,10-11,16H2,1-2H3. The molecule has 1 saturated carbocycles. The summed E-state index contributed by atoms with van der Waals surface area (Å²) in [5.74, 6) is 0. The van der Waals surface area contributed by atoms with Crippen molar-refractivity contribution >= 4 is 11.3 Å². The summed E-state index contributed by atoms with van der Waals surface area (Å²) in [7, 11) is 0. The highest BCUT2D eigenvalue weighted by atomic mass is 32.1. The fourth-order valence-electron chi connectivity index (χ4n) is 2.91.